The molecule has 0 unspecified atom stereocenters. The van der Waals surface area contributed by atoms with E-state index in [-0.39, 0.29) is 5.70 Å². The lowest BCUT2D eigenvalue weighted by atomic mass is 10.2. The van der Waals surface area contributed by atoms with Crippen LogP contribution in [0.4, 0.5) is 0 Å². The number of ether oxygens (including phenoxy) is 2. The van der Waals surface area contributed by atoms with E-state index < -0.39 is 5.97 Å². The number of aliphatic imine (C=N–C) groups is 1. The number of carbonyl (C=O) groups excluding carboxylic acids is 1. The van der Waals surface area contributed by atoms with Crippen molar-refractivity contribution in [3.8, 4) is 5.75 Å². The first-order chi connectivity index (χ1) is 14.9. The van der Waals surface area contributed by atoms with E-state index in [4.69, 9.17) is 9.47 Å². The molecule has 1 aliphatic heterocycles. The van der Waals surface area contributed by atoms with Crippen molar-refractivity contribution in [1.29, 1.82) is 0 Å². The molecule has 4 nitrogen and oxygen atoms in total. The van der Waals surface area contributed by atoms with Crippen molar-refractivity contribution in [1.82, 2.24) is 0 Å². The van der Waals surface area contributed by atoms with Crippen LogP contribution >= 0.6 is 83.7 Å². The summed E-state index contributed by atoms with van der Waals surface area (Å²) in [5.74, 6) is 0.694. The number of hydrogen-bond acceptors (Lipinski definition) is 4. The van der Waals surface area contributed by atoms with Crippen molar-refractivity contribution in [3.63, 3.8) is 0 Å². The minimum absolute atomic E-state index is 0.281. The fraction of sp³-hybridized carbons (Fsp3) is 0.0435. The first kappa shape index (κ1) is 23.2. The zero-order chi connectivity index (χ0) is 22.0. The van der Waals surface area contributed by atoms with Crippen LogP contribution in [-0.4, -0.2) is 11.9 Å². The summed E-state index contributed by atoms with van der Waals surface area (Å²) in [6.45, 7) is 0.474. The second kappa shape index (κ2) is 10.3. The van der Waals surface area contributed by atoms with Crippen LogP contribution < -0.4 is 4.74 Å². The maximum atomic E-state index is 12.3. The van der Waals surface area contributed by atoms with Gasteiger partial charge < -0.3 is 9.47 Å². The van der Waals surface area contributed by atoms with Gasteiger partial charge in [0, 0.05) is 13.6 Å². The molecule has 0 atom stereocenters. The first-order valence-corrected chi connectivity index (χ1v) is 13.1. The zero-order valence-electron chi connectivity index (χ0n) is 15.7. The summed E-state index contributed by atoms with van der Waals surface area (Å²) in [6, 6.07) is 19.7. The number of nitrogens with zero attached hydrogens (tertiary/aromatic N) is 1. The average molecular weight is 812 g/mol. The smallest absolute Gasteiger partial charge is 0.363 e. The molecule has 156 valence electrons. The molecule has 4 rings (SSSR count). The van der Waals surface area contributed by atoms with Crippen LogP contribution in [0.2, 0.25) is 0 Å². The van der Waals surface area contributed by atoms with E-state index in [1.807, 2.05) is 60.7 Å². The Bertz CT molecular complexity index is 1200. The highest BCUT2D eigenvalue weighted by Crippen LogP contribution is 2.31. The number of benzene rings is 3. The number of carbonyl (C=O) groups is 1. The normalized spacial score (nSPS) is 14.5. The SMILES string of the molecule is O=C1OC(c2ccc(I)cc2)=N/C1=C\c1cc(I)c(OCc2cccc(Br)c2)c(I)c1. The minimum atomic E-state index is -0.450. The van der Waals surface area contributed by atoms with Gasteiger partial charge in [-0.2, -0.15) is 0 Å². The van der Waals surface area contributed by atoms with Crippen LogP contribution in [0.15, 0.2) is 75.8 Å². The van der Waals surface area contributed by atoms with E-state index in [0.29, 0.717) is 12.5 Å². The second-order valence-corrected chi connectivity index (χ2v) is 11.1. The predicted octanol–water partition coefficient (Wildman–Crippen LogP) is 7.19. The summed E-state index contributed by atoms with van der Waals surface area (Å²) < 4.78 is 15.5. The molecule has 1 heterocycles. The highest BCUT2D eigenvalue weighted by molar-refractivity contribution is 14.1. The Kier molecular flexibility index (Phi) is 7.70. The standard InChI is InChI=1S/C23H13BrI3NO3/c24-16-3-1-2-13(8-16)12-30-21-18(26)9-14(10-19(21)27)11-20-23(29)31-22(28-20)15-4-6-17(25)7-5-15/h1-11H,12H2/b20-11-. The Morgan fingerprint density at radius 2 is 1.71 bits per heavy atom. The van der Waals surface area contributed by atoms with E-state index in [1.165, 1.54) is 0 Å². The summed E-state index contributed by atoms with van der Waals surface area (Å²) in [5, 5.41) is 0. The third-order valence-corrected chi connectivity index (χ3v) is 7.12. The molecule has 0 aromatic heterocycles. The number of halogens is 4. The van der Waals surface area contributed by atoms with E-state index >= 15 is 0 Å². The molecule has 31 heavy (non-hydrogen) atoms. The van der Waals surface area contributed by atoms with Crippen LogP contribution in [0, 0.1) is 10.7 Å². The van der Waals surface area contributed by atoms with Crippen molar-refractivity contribution >= 4 is 102 Å². The summed E-state index contributed by atoms with van der Waals surface area (Å²) in [5.41, 5.74) is 3.00. The zero-order valence-corrected chi connectivity index (χ0v) is 23.8. The topological polar surface area (TPSA) is 47.9 Å². The highest BCUT2D eigenvalue weighted by atomic mass is 127. The fourth-order valence-corrected chi connectivity index (χ4v) is 5.80. The third-order valence-electron chi connectivity index (χ3n) is 4.31. The van der Waals surface area contributed by atoms with Crippen molar-refractivity contribution in [3.05, 3.63) is 98.2 Å². The number of rotatable bonds is 5. The molecule has 0 bridgehead atoms. The molecule has 0 amide bonds. The van der Waals surface area contributed by atoms with Gasteiger partial charge in [0.25, 0.3) is 0 Å². The Morgan fingerprint density at radius 1 is 1.00 bits per heavy atom. The van der Waals surface area contributed by atoms with Gasteiger partial charge in [-0.25, -0.2) is 9.79 Å². The van der Waals surface area contributed by atoms with Gasteiger partial charge in [-0.05, 0) is 134 Å². The van der Waals surface area contributed by atoms with Gasteiger partial charge >= 0.3 is 5.97 Å². The van der Waals surface area contributed by atoms with Crippen molar-refractivity contribution < 1.29 is 14.3 Å². The van der Waals surface area contributed by atoms with E-state index in [1.54, 1.807) is 6.08 Å². The fourth-order valence-electron chi connectivity index (χ4n) is 2.87. The molecule has 0 radical (unpaired) electrons. The van der Waals surface area contributed by atoms with Crippen molar-refractivity contribution in [2.24, 2.45) is 4.99 Å². The Hall–Kier alpha value is -0.990. The molecule has 0 N–H and O–H groups in total. The van der Waals surface area contributed by atoms with E-state index in [9.17, 15) is 4.79 Å². The number of esters is 1. The van der Waals surface area contributed by atoms with Crippen molar-refractivity contribution in [2.75, 3.05) is 0 Å². The maximum absolute atomic E-state index is 12.3. The lowest BCUT2D eigenvalue weighted by molar-refractivity contribution is -0.129. The Labute approximate surface area is 229 Å². The summed E-state index contributed by atoms with van der Waals surface area (Å²) >= 11 is 10.2. The van der Waals surface area contributed by atoms with E-state index in [0.717, 1.165) is 37.6 Å². The average Bonchev–Trinajstić information content (AvgIpc) is 3.08. The molecule has 1 aliphatic rings. The molecular formula is C23H13BrI3NO3. The number of cyclic esters (lactones) is 1. The van der Waals surface area contributed by atoms with E-state index in [2.05, 4.69) is 88.7 Å². The monoisotopic (exact) mass is 811 g/mol. The van der Waals surface area contributed by atoms with Crippen LogP contribution in [0.3, 0.4) is 0 Å². The third kappa shape index (κ3) is 5.88. The van der Waals surface area contributed by atoms with Crippen LogP contribution in [-0.2, 0) is 16.1 Å². The Balaban J connectivity index is 1.55. The summed E-state index contributed by atoms with van der Waals surface area (Å²) in [7, 11) is 0. The largest absolute Gasteiger partial charge is 0.487 e. The summed E-state index contributed by atoms with van der Waals surface area (Å²) in [6.07, 6.45) is 1.74. The van der Waals surface area contributed by atoms with Crippen LogP contribution in [0.25, 0.3) is 6.08 Å². The lowest BCUT2D eigenvalue weighted by Gasteiger charge is -2.12. The van der Waals surface area contributed by atoms with Crippen molar-refractivity contribution in [2.45, 2.75) is 6.61 Å². The summed E-state index contributed by atoms with van der Waals surface area (Å²) in [4.78, 5) is 16.7. The van der Waals surface area contributed by atoms with Gasteiger partial charge in [0.15, 0.2) is 5.70 Å². The van der Waals surface area contributed by atoms with Crippen LogP contribution in [0.1, 0.15) is 16.7 Å². The highest BCUT2D eigenvalue weighted by Gasteiger charge is 2.24. The Morgan fingerprint density at radius 3 is 2.39 bits per heavy atom. The van der Waals surface area contributed by atoms with Gasteiger partial charge in [-0.15, -0.1) is 0 Å². The van der Waals surface area contributed by atoms with Crippen LogP contribution in [0.5, 0.6) is 5.75 Å². The molecule has 8 heteroatoms. The van der Waals surface area contributed by atoms with Gasteiger partial charge in [0.2, 0.25) is 5.90 Å². The molecule has 3 aromatic rings. The molecule has 3 aromatic carbocycles. The first-order valence-electron chi connectivity index (χ1n) is 9.04. The van der Waals surface area contributed by atoms with Gasteiger partial charge in [-0.1, -0.05) is 28.1 Å². The molecular weight excluding hydrogens is 799 g/mol. The molecule has 0 spiro atoms. The second-order valence-electron chi connectivity index (χ2n) is 6.58. The number of hydrogen-bond donors (Lipinski definition) is 0. The predicted molar refractivity (Wildman–Crippen MR) is 150 cm³/mol. The van der Waals surface area contributed by atoms with Gasteiger partial charge in [0.1, 0.15) is 12.4 Å². The molecule has 0 saturated heterocycles. The molecule has 0 fully saturated rings. The molecule has 0 saturated carbocycles. The lowest BCUT2D eigenvalue weighted by Crippen LogP contribution is -2.05. The minimum Gasteiger partial charge on any atom is -0.487 e. The van der Waals surface area contributed by atoms with Gasteiger partial charge in [0.05, 0.1) is 7.14 Å². The quantitative estimate of drug-likeness (QED) is 0.156. The van der Waals surface area contributed by atoms with Gasteiger partial charge in [-0.3, -0.25) is 0 Å². The molecule has 0 aliphatic carbocycles. The maximum Gasteiger partial charge on any atom is 0.363 e.